The molecule has 1 fully saturated rings. The van der Waals surface area contributed by atoms with Gasteiger partial charge in [0.1, 0.15) is 0 Å². The van der Waals surface area contributed by atoms with E-state index in [1.165, 1.54) is 15.1 Å². The zero-order chi connectivity index (χ0) is 18.4. The molecule has 1 atom stereocenters. The lowest BCUT2D eigenvalue weighted by atomic mass is 10.1. The van der Waals surface area contributed by atoms with E-state index in [-0.39, 0.29) is 24.3 Å². The third-order valence-electron chi connectivity index (χ3n) is 4.87. The van der Waals surface area contributed by atoms with Crippen LogP contribution in [-0.4, -0.2) is 39.2 Å². The fourth-order valence-corrected chi connectivity index (χ4v) is 5.91. The second kappa shape index (κ2) is 6.49. The molecule has 0 N–H and O–H groups in total. The second-order valence-corrected chi connectivity index (χ2v) is 9.27. The Bertz CT molecular complexity index is 1110. The summed E-state index contributed by atoms with van der Waals surface area (Å²) in [6, 6.07) is 12.8. The van der Waals surface area contributed by atoms with Crippen LogP contribution in [0.3, 0.4) is 0 Å². The number of thiophene rings is 1. The number of morpholine rings is 1. The number of benzene rings is 2. The Labute approximate surface area is 160 Å². The van der Waals surface area contributed by atoms with Gasteiger partial charge in [0.05, 0.1) is 17.6 Å². The van der Waals surface area contributed by atoms with Gasteiger partial charge in [0.15, 0.2) is 11.5 Å². The molecule has 0 amide bonds. The molecule has 2 aliphatic rings. The molecule has 0 radical (unpaired) electrons. The molecular formula is C19H17NO5S2. The molecule has 1 saturated heterocycles. The predicted octanol–water partition coefficient (Wildman–Crippen LogP) is 3.39. The van der Waals surface area contributed by atoms with Gasteiger partial charge in [-0.1, -0.05) is 18.2 Å². The van der Waals surface area contributed by atoms with Crippen LogP contribution in [-0.2, 0) is 14.8 Å². The minimum absolute atomic E-state index is 0.115. The maximum absolute atomic E-state index is 13.1. The van der Waals surface area contributed by atoms with Crippen LogP contribution in [0.4, 0.5) is 0 Å². The molecule has 5 rings (SSSR count). The highest BCUT2D eigenvalue weighted by Crippen LogP contribution is 2.37. The quantitative estimate of drug-likeness (QED) is 0.671. The predicted molar refractivity (Wildman–Crippen MR) is 102 cm³/mol. The van der Waals surface area contributed by atoms with E-state index in [0.29, 0.717) is 24.7 Å². The summed E-state index contributed by atoms with van der Waals surface area (Å²) in [6.07, 6.45) is -0.279. The summed E-state index contributed by atoms with van der Waals surface area (Å²) in [4.78, 5) is 0.211. The average Bonchev–Trinajstić information content (AvgIpc) is 3.34. The summed E-state index contributed by atoms with van der Waals surface area (Å²) in [5.41, 5.74) is 1.04. The fraction of sp³-hybridized carbons (Fsp3) is 0.263. The van der Waals surface area contributed by atoms with Crippen molar-refractivity contribution in [1.29, 1.82) is 0 Å². The van der Waals surface area contributed by atoms with Crippen molar-refractivity contribution in [2.75, 3.05) is 26.5 Å². The molecule has 0 aliphatic carbocycles. The molecule has 0 unspecified atom stereocenters. The van der Waals surface area contributed by atoms with E-state index in [2.05, 4.69) is 17.5 Å². The van der Waals surface area contributed by atoms with E-state index < -0.39 is 10.0 Å². The van der Waals surface area contributed by atoms with Gasteiger partial charge < -0.3 is 14.2 Å². The third-order valence-corrected chi connectivity index (χ3v) is 7.71. The molecule has 140 valence electrons. The van der Waals surface area contributed by atoms with Gasteiger partial charge in [-0.05, 0) is 29.0 Å². The van der Waals surface area contributed by atoms with Gasteiger partial charge in [-0.15, -0.1) is 11.3 Å². The standard InChI is InChI=1S/C19H17NO5S2/c21-27(22,13-5-6-16-17(9-13)25-12-24-16)20-7-8-23-18(10-20)15-11-26-19-4-2-1-3-14(15)19/h1-6,9,11,18H,7-8,10,12H2/t18-/m0/s1. The Morgan fingerprint density at radius 1 is 1.07 bits per heavy atom. The number of fused-ring (bicyclic) bond motifs is 2. The minimum Gasteiger partial charge on any atom is -0.454 e. The molecule has 0 spiro atoms. The molecule has 2 aromatic carbocycles. The third kappa shape index (κ3) is 2.89. The number of ether oxygens (including phenoxy) is 3. The lowest BCUT2D eigenvalue weighted by Gasteiger charge is -2.32. The first kappa shape index (κ1) is 17.0. The van der Waals surface area contributed by atoms with Crippen LogP contribution >= 0.6 is 11.3 Å². The summed E-state index contributed by atoms with van der Waals surface area (Å²) in [7, 11) is -3.64. The van der Waals surface area contributed by atoms with E-state index in [4.69, 9.17) is 14.2 Å². The number of nitrogens with zero attached hydrogens (tertiary/aromatic N) is 1. The Kier molecular flexibility index (Phi) is 4.08. The van der Waals surface area contributed by atoms with Crippen molar-refractivity contribution in [1.82, 2.24) is 4.31 Å². The lowest BCUT2D eigenvalue weighted by Crippen LogP contribution is -2.42. The summed E-state index contributed by atoms with van der Waals surface area (Å²) in [6.45, 7) is 1.09. The summed E-state index contributed by atoms with van der Waals surface area (Å²) in [5.74, 6) is 1.03. The molecular weight excluding hydrogens is 386 g/mol. The molecule has 3 heterocycles. The van der Waals surface area contributed by atoms with Crippen LogP contribution in [0.1, 0.15) is 11.7 Å². The summed E-state index contributed by atoms with van der Waals surface area (Å²) in [5, 5.41) is 3.18. The zero-order valence-electron chi connectivity index (χ0n) is 14.3. The van der Waals surface area contributed by atoms with E-state index >= 15 is 0 Å². The van der Waals surface area contributed by atoms with Gasteiger partial charge in [-0.25, -0.2) is 8.42 Å². The topological polar surface area (TPSA) is 65.1 Å². The van der Waals surface area contributed by atoms with Crippen LogP contribution in [0.25, 0.3) is 10.1 Å². The maximum atomic E-state index is 13.1. The lowest BCUT2D eigenvalue weighted by molar-refractivity contribution is -0.00154. The van der Waals surface area contributed by atoms with Gasteiger partial charge in [0.2, 0.25) is 16.8 Å². The van der Waals surface area contributed by atoms with Gasteiger partial charge in [-0.2, -0.15) is 4.31 Å². The highest BCUT2D eigenvalue weighted by atomic mass is 32.2. The van der Waals surface area contributed by atoms with Gasteiger partial charge in [-0.3, -0.25) is 0 Å². The molecule has 3 aromatic rings. The average molecular weight is 403 g/mol. The Morgan fingerprint density at radius 2 is 1.93 bits per heavy atom. The first-order valence-electron chi connectivity index (χ1n) is 8.60. The summed E-state index contributed by atoms with van der Waals surface area (Å²) < 4.78 is 45.5. The normalized spacial score (nSPS) is 20.2. The molecule has 8 heteroatoms. The Morgan fingerprint density at radius 3 is 2.85 bits per heavy atom. The van der Waals surface area contributed by atoms with Crippen molar-refractivity contribution < 1.29 is 22.6 Å². The number of hydrogen-bond acceptors (Lipinski definition) is 6. The largest absolute Gasteiger partial charge is 0.454 e. The smallest absolute Gasteiger partial charge is 0.243 e. The van der Waals surface area contributed by atoms with Crippen LogP contribution in [0, 0.1) is 0 Å². The van der Waals surface area contributed by atoms with Gasteiger partial charge in [0.25, 0.3) is 0 Å². The Balaban J connectivity index is 1.45. The molecule has 27 heavy (non-hydrogen) atoms. The van der Waals surface area contributed by atoms with Crippen molar-refractivity contribution in [3.05, 3.63) is 53.4 Å². The highest BCUT2D eigenvalue weighted by molar-refractivity contribution is 7.89. The van der Waals surface area contributed by atoms with Crippen LogP contribution in [0.5, 0.6) is 11.5 Å². The van der Waals surface area contributed by atoms with Crippen LogP contribution < -0.4 is 9.47 Å². The van der Waals surface area contributed by atoms with Crippen LogP contribution in [0.15, 0.2) is 52.7 Å². The molecule has 0 saturated carbocycles. The summed E-state index contributed by atoms with van der Waals surface area (Å²) >= 11 is 1.65. The van der Waals surface area contributed by atoms with Crippen LogP contribution in [0.2, 0.25) is 0 Å². The molecule has 0 bridgehead atoms. The number of sulfonamides is 1. The van der Waals surface area contributed by atoms with E-state index in [1.807, 2.05) is 12.1 Å². The van der Waals surface area contributed by atoms with Crippen molar-refractivity contribution in [2.45, 2.75) is 11.0 Å². The second-order valence-electron chi connectivity index (χ2n) is 6.42. The number of rotatable bonds is 3. The van der Waals surface area contributed by atoms with Gasteiger partial charge in [0, 0.05) is 29.4 Å². The minimum atomic E-state index is -3.64. The SMILES string of the molecule is O=S(=O)(c1ccc2c(c1)OCO2)N1CCO[C@H](c2csc3ccccc23)C1. The molecule has 6 nitrogen and oxygen atoms in total. The fourth-order valence-electron chi connectivity index (χ4n) is 3.47. The van der Waals surface area contributed by atoms with Crippen molar-refractivity contribution in [3.8, 4) is 11.5 Å². The van der Waals surface area contributed by atoms with Crippen molar-refractivity contribution in [3.63, 3.8) is 0 Å². The van der Waals surface area contributed by atoms with E-state index in [1.54, 1.807) is 23.5 Å². The monoisotopic (exact) mass is 403 g/mol. The van der Waals surface area contributed by atoms with E-state index in [0.717, 1.165) is 10.9 Å². The van der Waals surface area contributed by atoms with Gasteiger partial charge >= 0.3 is 0 Å². The molecule has 2 aliphatic heterocycles. The van der Waals surface area contributed by atoms with E-state index in [9.17, 15) is 8.42 Å². The Hall–Kier alpha value is -2.13. The molecule has 1 aromatic heterocycles. The first-order valence-corrected chi connectivity index (χ1v) is 10.9. The van der Waals surface area contributed by atoms with Crippen molar-refractivity contribution >= 4 is 31.4 Å². The highest BCUT2D eigenvalue weighted by Gasteiger charge is 2.33. The first-order chi connectivity index (χ1) is 13.1. The zero-order valence-corrected chi connectivity index (χ0v) is 16.0. The van der Waals surface area contributed by atoms with Crippen molar-refractivity contribution in [2.24, 2.45) is 0 Å². The maximum Gasteiger partial charge on any atom is 0.243 e. The number of hydrogen-bond donors (Lipinski definition) is 0.